The van der Waals surface area contributed by atoms with E-state index in [-0.39, 0.29) is 11.5 Å². The largest absolute Gasteiger partial charge is 0.423 e. The van der Waals surface area contributed by atoms with Crippen molar-refractivity contribution in [1.29, 1.82) is 0 Å². The molecule has 2 heterocycles. The summed E-state index contributed by atoms with van der Waals surface area (Å²) in [5.41, 5.74) is 3.04. The summed E-state index contributed by atoms with van der Waals surface area (Å²) in [6.45, 7) is 3.05. The molecule has 134 valence electrons. The fourth-order valence-corrected chi connectivity index (χ4v) is 3.89. The van der Waals surface area contributed by atoms with E-state index in [9.17, 15) is 9.59 Å². The number of fused-ring (bicyclic) bond motifs is 1. The van der Waals surface area contributed by atoms with Crippen molar-refractivity contribution in [2.75, 3.05) is 5.32 Å². The standard InChI is InChI=1S/C20H20N2O3S/c1-13(23)21-16-2-5-18-15(8-20(24)25-19(18)9-16)11-22(17-3-4-17)10-14-6-7-26-12-14/h2,5-9,12,17H,3-4,10-11H2,1H3,(H,21,23). The Balaban J connectivity index is 1.66. The molecule has 1 fully saturated rings. The average molecular weight is 368 g/mol. The summed E-state index contributed by atoms with van der Waals surface area (Å²) >= 11 is 1.71. The van der Waals surface area contributed by atoms with Gasteiger partial charge in [-0.1, -0.05) is 0 Å². The lowest BCUT2D eigenvalue weighted by atomic mass is 10.1. The summed E-state index contributed by atoms with van der Waals surface area (Å²) < 4.78 is 5.36. The summed E-state index contributed by atoms with van der Waals surface area (Å²) in [7, 11) is 0. The third kappa shape index (κ3) is 3.86. The molecule has 1 amide bonds. The van der Waals surface area contributed by atoms with Crippen molar-refractivity contribution in [3.8, 4) is 0 Å². The fraction of sp³-hybridized carbons (Fsp3) is 0.300. The van der Waals surface area contributed by atoms with Gasteiger partial charge >= 0.3 is 5.63 Å². The molecule has 0 bridgehead atoms. The van der Waals surface area contributed by atoms with Crippen LogP contribution in [0.4, 0.5) is 5.69 Å². The number of benzene rings is 1. The van der Waals surface area contributed by atoms with Gasteiger partial charge in [0.15, 0.2) is 0 Å². The summed E-state index contributed by atoms with van der Waals surface area (Å²) in [6.07, 6.45) is 2.41. The van der Waals surface area contributed by atoms with E-state index in [1.54, 1.807) is 23.5 Å². The van der Waals surface area contributed by atoms with Gasteiger partial charge in [0, 0.05) is 49.3 Å². The number of anilines is 1. The van der Waals surface area contributed by atoms with Gasteiger partial charge in [-0.2, -0.15) is 11.3 Å². The molecule has 0 atom stereocenters. The third-order valence-electron chi connectivity index (χ3n) is 4.55. The number of nitrogens with one attached hydrogen (secondary N) is 1. The summed E-state index contributed by atoms with van der Waals surface area (Å²) in [4.78, 5) is 25.7. The number of amides is 1. The average Bonchev–Trinajstić information content (AvgIpc) is 3.30. The van der Waals surface area contributed by atoms with Crippen LogP contribution in [0.3, 0.4) is 0 Å². The molecule has 0 spiro atoms. The molecule has 0 radical (unpaired) electrons. The zero-order chi connectivity index (χ0) is 18.1. The van der Waals surface area contributed by atoms with E-state index in [4.69, 9.17) is 4.42 Å². The first-order valence-corrected chi connectivity index (χ1v) is 9.62. The lowest BCUT2D eigenvalue weighted by molar-refractivity contribution is -0.114. The molecule has 26 heavy (non-hydrogen) atoms. The van der Waals surface area contributed by atoms with Gasteiger partial charge < -0.3 is 9.73 Å². The van der Waals surface area contributed by atoms with Crippen LogP contribution in [-0.4, -0.2) is 16.8 Å². The van der Waals surface area contributed by atoms with Crippen molar-refractivity contribution in [2.24, 2.45) is 0 Å². The van der Waals surface area contributed by atoms with E-state index in [0.29, 0.717) is 23.9 Å². The second-order valence-electron chi connectivity index (χ2n) is 6.75. The van der Waals surface area contributed by atoms with Gasteiger partial charge in [-0.25, -0.2) is 4.79 Å². The molecule has 3 aromatic rings. The van der Waals surface area contributed by atoms with E-state index in [1.807, 2.05) is 12.1 Å². The number of hydrogen-bond acceptors (Lipinski definition) is 5. The number of thiophene rings is 1. The van der Waals surface area contributed by atoms with Crippen molar-refractivity contribution < 1.29 is 9.21 Å². The first-order valence-electron chi connectivity index (χ1n) is 8.68. The number of carbonyl (C=O) groups excluding carboxylic acids is 1. The molecule has 1 N–H and O–H groups in total. The first-order chi connectivity index (χ1) is 12.6. The Bertz CT molecular complexity index is 990. The second kappa shape index (κ2) is 7.05. The van der Waals surface area contributed by atoms with Crippen molar-refractivity contribution in [2.45, 2.75) is 38.9 Å². The molecule has 2 aromatic heterocycles. The molecule has 1 aliphatic rings. The topological polar surface area (TPSA) is 62.6 Å². The van der Waals surface area contributed by atoms with Gasteiger partial charge in [0.25, 0.3) is 0 Å². The van der Waals surface area contributed by atoms with Gasteiger partial charge in [-0.15, -0.1) is 0 Å². The normalized spacial score (nSPS) is 14.1. The van der Waals surface area contributed by atoms with Crippen molar-refractivity contribution in [1.82, 2.24) is 4.90 Å². The van der Waals surface area contributed by atoms with E-state index in [2.05, 4.69) is 27.0 Å². The lowest BCUT2D eigenvalue weighted by Gasteiger charge is -2.22. The van der Waals surface area contributed by atoms with Gasteiger partial charge in [0.2, 0.25) is 5.91 Å². The van der Waals surface area contributed by atoms with Gasteiger partial charge in [0.05, 0.1) is 0 Å². The van der Waals surface area contributed by atoms with Crippen LogP contribution in [0.1, 0.15) is 30.9 Å². The van der Waals surface area contributed by atoms with Crippen LogP contribution < -0.4 is 10.9 Å². The van der Waals surface area contributed by atoms with Crippen molar-refractivity contribution >= 4 is 33.9 Å². The van der Waals surface area contributed by atoms with E-state index >= 15 is 0 Å². The van der Waals surface area contributed by atoms with Crippen LogP contribution in [0, 0.1) is 0 Å². The SMILES string of the molecule is CC(=O)Nc1ccc2c(CN(Cc3ccsc3)C3CC3)cc(=O)oc2c1. The van der Waals surface area contributed by atoms with Crippen molar-refractivity contribution in [3.05, 3.63) is 62.6 Å². The minimum Gasteiger partial charge on any atom is -0.423 e. The third-order valence-corrected chi connectivity index (χ3v) is 5.29. The molecule has 0 unspecified atom stereocenters. The molecule has 0 aliphatic heterocycles. The summed E-state index contributed by atoms with van der Waals surface area (Å²) in [5.74, 6) is -0.154. The zero-order valence-electron chi connectivity index (χ0n) is 14.5. The van der Waals surface area contributed by atoms with E-state index in [0.717, 1.165) is 17.5 Å². The Morgan fingerprint density at radius 2 is 2.12 bits per heavy atom. The zero-order valence-corrected chi connectivity index (χ0v) is 15.3. The second-order valence-corrected chi connectivity index (χ2v) is 7.53. The molecule has 1 aliphatic carbocycles. The maximum Gasteiger partial charge on any atom is 0.336 e. The van der Waals surface area contributed by atoms with Crippen LogP contribution in [0.25, 0.3) is 11.0 Å². The highest BCUT2D eigenvalue weighted by Gasteiger charge is 2.29. The minimum atomic E-state index is -0.362. The van der Waals surface area contributed by atoms with Crippen LogP contribution in [0.5, 0.6) is 0 Å². The van der Waals surface area contributed by atoms with Crippen LogP contribution in [0.2, 0.25) is 0 Å². The Labute approximate surface area is 155 Å². The molecule has 1 aromatic carbocycles. The van der Waals surface area contributed by atoms with Gasteiger partial charge in [0.1, 0.15) is 5.58 Å². The highest BCUT2D eigenvalue weighted by molar-refractivity contribution is 7.07. The van der Waals surface area contributed by atoms with Crippen molar-refractivity contribution in [3.63, 3.8) is 0 Å². The lowest BCUT2D eigenvalue weighted by Crippen LogP contribution is -2.25. The maximum absolute atomic E-state index is 12.1. The predicted octanol–water partition coefficient (Wildman–Crippen LogP) is 3.98. The molecule has 5 nitrogen and oxygen atoms in total. The Morgan fingerprint density at radius 3 is 2.81 bits per heavy atom. The maximum atomic E-state index is 12.1. The first kappa shape index (κ1) is 17.0. The minimum absolute atomic E-state index is 0.154. The van der Waals surface area contributed by atoms with Crippen LogP contribution >= 0.6 is 11.3 Å². The Morgan fingerprint density at radius 1 is 1.27 bits per heavy atom. The molecule has 1 saturated carbocycles. The molecule has 6 heteroatoms. The Kier molecular flexibility index (Phi) is 4.61. The molecule has 0 saturated heterocycles. The fourth-order valence-electron chi connectivity index (χ4n) is 3.23. The smallest absolute Gasteiger partial charge is 0.336 e. The van der Waals surface area contributed by atoms with Gasteiger partial charge in [-0.05, 0) is 52.9 Å². The number of nitrogens with zero attached hydrogens (tertiary/aromatic N) is 1. The van der Waals surface area contributed by atoms with Gasteiger partial charge in [-0.3, -0.25) is 9.69 Å². The Hall–Kier alpha value is -2.44. The molecule has 4 rings (SSSR count). The quantitative estimate of drug-likeness (QED) is 0.669. The van der Waals surface area contributed by atoms with E-state index < -0.39 is 0 Å². The van der Waals surface area contributed by atoms with E-state index in [1.165, 1.54) is 25.3 Å². The highest BCUT2D eigenvalue weighted by atomic mass is 32.1. The summed E-state index contributed by atoms with van der Waals surface area (Å²) in [5, 5.41) is 7.90. The molecular weight excluding hydrogens is 348 g/mol. The molecular formula is C20H20N2O3S. The predicted molar refractivity (Wildman–Crippen MR) is 103 cm³/mol. The highest BCUT2D eigenvalue weighted by Crippen LogP contribution is 2.31. The number of carbonyl (C=O) groups is 1. The number of rotatable bonds is 6. The summed E-state index contributed by atoms with van der Waals surface area (Å²) in [6, 6.07) is 9.78. The van der Waals surface area contributed by atoms with Crippen LogP contribution in [0.15, 0.2) is 50.3 Å². The number of hydrogen-bond donors (Lipinski definition) is 1. The monoisotopic (exact) mass is 368 g/mol. The van der Waals surface area contributed by atoms with Crippen LogP contribution in [-0.2, 0) is 17.9 Å².